The molecule has 13 heavy (non-hydrogen) atoms. The van der Waals surface area contributed by atoms with Crippen molar-refractivity contribution >= 4 is 27.3 Å². The molecule has 0 fully saturated rings. The maximum absolute atomic E-state index is 8.73. The fourth-order valence-corrected chi connectivity index (χ4v) is 1.22. The number of aliphatic hydroxyl groups excluding tert-OH is 1. The van der Waals surface area contributed by atoms with Crippen LogP contribution in [0.2, 0.25) is 5.02 Å². The number of halogens is 1. The Hall–Kier alpha value is -0.400. The van der Waals surface area contributed by atoms with E-state index in [1.54, 1.807) is 24.3 Å². The Morgan fingerprint density at radius 1 is 1.23 bits per heavy atom. The van der Waals surface area contributed by atoms with Crippen molar-refractivity contribution in [2.24, 2.45) is 0 Å². The lowest BCUT2D eigenvalue weighted by Crippen LogP contribution is -2.28. The zero-order valence-electron chi connectivity index (χ0n) is 7.20. The average Bonchev–Trinajstić information content (AvgIpc) is 2.05. The first-order chi connectivity index (χ1) is 6.06. The van der Waals surface area contributed by atoms with Gasteiger partial charge in [-0.05, 0) is 18.6 Å². The van der Waals surface area contributed by atoms with Crippen LogP contribution < -0.4 is 0 Å². The Kier molecular flexibility index (Phi) is 3.46. The van der Waals surface area contributed by atoms with Crippen molar-refractivity contribution in [1.82, 2.24) is 0 Å². The molecule has 0 saturated carbocycles. The normalized spacial score (nSPS) is 11.5. The molecule has 0 aliphatic heterocycles. The predicted molar refractivity (Wildman–Crippen MR) is 56.3 cm³/mol. The Labute approximate surface area is 85.9 Å². The van der Waals surface area contributed by atoms with Crippen molar-refractivity contribution in [3.05, 3.63) is 34.9 Å². The standard InChI is InChI=1S/C9H9B2ClO/c10-9(11,5-6-13)7-1-3-8(12)4-2-7/h1-4,13H,5-6H2. The van der Waals surface area contributed by atoms with Gasteiger partial charge in [0.25, 0.3) is 0 Å². The van der Waals surface area contributed by atoms with Gasteiger partial charge in [0.2, 0.25) is 0 Å². The smallest absolute Gasteiger partial charge is 0.0683 e. The summed E-state index contributed by atoms with van der Waals surface area (Å²) < 4.78 is 0. The third-order valence-corrected chi connectivity index (χ3v) is 2.16. The van der Waals surface area contributed by atoms with Gasteiger partial charge in [0, 0.05) is 11.6 Å². The van der Waals surface area contributed by atoms with Gasteiger partial charge in [0.1, 0.15) is 0 Å². The molecule has 1 aromatic rings. The SMILES string of the molecule is [B]C([B])(CCO)c1ccc(Cl)cc1. The van der Waals surface area contributed by atoms with Crippen LogP contribution in [-0.4, -0.2) is 27.4 Å². The largest absolute Gasteiger partial charge is 0.396 e. The van der Waals surface area contributed by atoms with Crippen LogP contribution >= 0.6 is 11.6 Å². The van der Waals surface area contributed by atoms with E-state index in [4.69, 9.17) is 32.4 Å². The first kappa shape index (κ1) is 10.7. The summed E-state index contributed by atoms with van der Waals surface area (Å²) in [5.74, 6) is 0. The summed E-state index contributed by atoms with van der Waals surface area (Å²) >= 11 is 5.71. The molecule has 0 unspecified atom stereocenters. The number of rotatable bonds is 3. The minimum Gasteiger partial charge on any atom is -0.396 e. The Balaban J connectivity index is 2.87. The molecule has 64 valence electrons. The van der Waals surface area contributed by atoms with Crippen LogP contribution in [0.15, 0.2) is 24.3 Å². The van der Waals surface area contributed by atoms with Gasteiger partial charge < -0.3 is 5.11 Å². The van der Waals surface area contributed by atoms with E-state index in [0.29, 0.717) is 11.4 Å². The second-order valence-electron chi connectivity index (χ2n) is 3.02. The predicted octanol–water partition coefficient (Wildman–Crippen LogP) is 1.21. The second-order valence-corrected chi connectivity index (χ2v) is 3.46. The van der Waals surface area contributed by atoms with E-state index >= 15 is 0 Å². The van der Waals surface area contributed by atoms with Crippen molar-refractivity contribution in [2.45, 2.75) is 11.6 Å². The summed E-state index contributed by atoms with van der Waals surface area (Å²) in [6.07, 6.45) is 0.328. The highest BCUT2D eigenvalue weighted by atomic mass is 35.5. The van der Waals surface area contributed by atoms with Crippen molar-refractivity contribution in [3.8, 4) is 0 Å². The molecule has 0 aromatic heterocycles. The summed E-state index contributed by atoms with van der Waals surface area (Å²) in [7, 11) is 11.5. The van der Waals surface area contributed by atoms with Gasteiger partial charge in [0.15, 0.2) is 0 Å². The van der Waals surface area contributed by atoms with Crippen LogP contribution in [0.4, 0.5) is 0 Å². The first-order valence-electron chi connectivity index (χ1n) is 4.01. The Bertz CT molecular complexity index is 271. The quantitative estimate of drug-likeness (QED) is 0.710. The summed E-state index contributed by atoms with van der Waals surface area (Å²) in [6, 6.07) is 6.97. The maximum atomic E-state index is 8.73. The molecular formula is C9H9B2ClO. The summed E-state index contributed by atoms with van der Waals surface area (Å²) in [4.78, 5) is 0. The lowest BCUT2D eigenvalue weighted by atomic mass is 9.49. The molecule has 1 aromatic carbocycles. The molecule has 0 bridgehead atoms. The minimum absolute atomic E-state index is 0.0321. The third kappa shape index (κ3) is 2.78. The van der Waals surface area contributed by atoms with Crippen molar-refractivity contribution < 1.29 is 5.11 Å². The van der Waals surface area contributed by atoms with Gasteiger partial charge in [-0.25, -0.2) is 0 Å². The fourth-order valence-electron chi connectivity index (χ4n) is 1.09. The molecule has 0 amide bonds. The topological polar surface area (TPSA) is 20.2 Å². The van der Waals surface area contributed by atoms with Crippen LogP contribution in [0.1, 0.15) is 12.0 Å². The lowest BCUT2D eigenvalue weighted by Gasteiger charge is -2.25. The maximum Gasteiger partial charge on any atom is 0.0683 e. The minimum atomic E-state index is -0.973. The van der Waals surface area contributed by atoms with Crippen LogP contribution in [0.25, 0.3) is 0 Å². The third-order valence-electron chi connectivity index (χ3n) is 1.91. The highest BCUT2D eigenvalue weighted by Crippen LogP contribution is 2.22. The van der Waals surface area contributed by atoms with Gasteiger partial charge in [-0.15, -0.1) is 0 Å². The number of benzene rings is 1. The number of hydrogen-bond acceptors (Lipinski definition) is 1. The van der Waals surface area contributed by atoms with Crippen molar-refractivity contribution in [1.29, 1.82) is 0 Å². The van der Waals surface area contributed by atoms with Crippen molar-refractivity contribution in [2.75, 3.05) is 6.61 Å². The number of aliphatic hydroxyl groups is 1. The molecule has 0 spiro atoms. The molecule has 4 radical (unpaired) electrons. The summed E-state index contributed by atoms with van der Waals surface area (Å²) in [5.41, 5.74) is 0.769. The molecule has 0 atom stereocenters. The van der Waals surface area contributed by atoms with E-state index in [9.17, 15) is 0 Å². The van der Waals surface area contributed by atoms with Gasteiger partial charge in [-0.2, -0.15) is 0 Å². The Morgan fingerprint density at radius 3 is 2.23 bits per heavy atom. The molecule has 0 aliphatic carbocycles. The van der Waals surface area contributed by atoms with E-state index in [0.717, 1.165) is 5.56 Å². The second kappa shape index (κ2) is 4.21. The fraction of sp³-hybridized carbons (Fsp3) is 0.333. The average molecular weight is 190 g/mol. The highest BCUT2D eigenvalue weighted by Gasteiger charge is 2.18. The van der Waals surface area contributed by atoms with Crippen LogP contribution in [0, 0.1) is 0 Å². The molecule has 0 saturated heterocycles. The van der Waals surface area contributed by atoms with Crippen LogP contribution in [0.3, 0.4) is 0 Å². The monoisotopic (exact) mass is 190 g/mol. The lowest BCUT2D eigenvalue weighted by molar-refractivity contribution is 0.281. The van der Waals surface area contributed by atoms with E-state index < -0.39 is 5.21 Å². The molecular weight excluding hydrogens is 181 g/mol. The molecule has 1 N–H and O–H groups in total. The molecule has 1 nitrogen and oxygen atoms in total. The van der Waals surface area contributed by atoms with Gasteiger partial charge >= 0.3 is 0 Å². The first-order valence-corrected chi connectivity index (χ1v) is 4.39. The van der Waals surface area contributed by atoms with Crippen LogP contribution in [0.5, 0.6) is 0 Å². The van der Waals surface area contributed by atoms with Crippen LogP contribution in [-0.2, 0) is 5.21 Å². The van der Waals surface area contributed by atoms with Gasteiger partial charge in [0.05, 0.1) is 15.7 Å². The summed E-state index contributed by atoms with van der Waals surface area (Å²) in [5, 5.41) is 8.40. The van der Waals surface area contributed by atoms with Crippen molar-refractivity contribution in [3.63, 3.8) is 0 Å². The molecule has 1 rings (SSSR count). The molecule has 4 heteroatoms. The highest BCUT2D eigenvalue weighted by molar-refractivity contribution is 6.40. The summed E-state index contributed by atoms with van der Waals surface area (Å²) in [6.45, 7) is -0.0321. The van der Waals surface area contributed by atoms with E-state index in [1.807, 2.05) is 0 Å². The molecule has 0 aliphatic rings. The van der Waals surface area contributed by atoms with E-state index in [-0.39, 0.29) is 6.61 Å². The molecule has 0 heterocycles. The van der Waals surface area contributed by atoms with E-state index in [1.165, 1.54) is 0 Å². The Morgan fingerprint density at radius 2 is 1.77 bits per heavy atom. The zero-order chi connectivity index (χ0) is 9.90. The zero-order valence-corrected chi connectivity index (χ0v) is 7.96. The van der Waals surface area contributed by atoms with Gasteiger partial charge in [-0.1, -0.05) is 34.5 Å². The number of hydrogen-bond donors (Lipinski definition) is 1. The van der Waals surface area contributed by atoms with E-state index in [2.05, 4.69) is 0 Å². The van der Waals surface area contributed by atoms with Gasteiger partial charge in [-0.3, -0.25) is 0 Å².